The van der Waals surface area contributed by atoms with Gasteiger partial charge >= 0.3 is 97.8 Å². The van der Waals surface area contributed by atoms with Gasteiger partial charge in [0.2, 0.25) is 0 Å². The molecular weight excluding hydrogens is 531 g/mol. The largest absolute Gasteiger partial charge is 2.00 e. The van der Waals surface area contributed by atoms with E-state index in [9.17, 15) is 0 Å². The summed E-state index contributed by atoms with van der Waals surface area (Å²) in [5.74, 6) is 0. The number of H-pyrrole nitrogens is 2. The third kappa shape index (κ3) is 18.0. The minimum absolute atomic E-state index is 0. The van der Waals surface area contributed by atoms with Crippen molar-refractivity contribution in [3.63, 3.8) is 0 Å². The summed E-state index contributed by atoms with van der Waals surface area (Å²) < 4.78 is 0. The number of imidazole rings is 4. The van der Waals surface area contributed by atoms with Crippen LogP contribution in [0, 0.1) is 0 Å². The maximum Gasteiger partial charge on any atom is 2.00 e. The van der Waals surface area contributed by atoms with Crippen molar-refractivity contribution >= 4 is 97.8 Å². The fraction of sp³-hybridized carbons (Fsp3) is 0. The number of aromatic amines is 2. The van der Waals surface area contributed by atoms with Crippen LogP contribution in [0.2, 0.25) is 0 Å². The van der Waals surface area contributed by atoms with Gasteiger partial charge in [0.05, 0.1) is 12.7 Å². The number of aromatic nitrogens is 8. The van der Waals surface area contributed by atoms with Crippen molar-refractivity contribution in [3.05, 3.63) is 74.9 Å². The molecule has 10 heteroatoms. The van der Waals surface area contributed by atoms with Crippen molar-refractivity contribution in [2.75, 3.05) is 0 Å². The van der Waals surface area contributed by atoms with Crippen molar-refractivity contribution < 1.29 is 9.97 Å². The van der Waals surface area contributed by atoms with Crippen LogP contribution in [0.25, 0.3) is 0 Å². The Kier molecular flexibility index (Phi) is 23.1. The van der Waals surface area contributed by atoms with Crippen LogP contribution >= 0.6 is 0 Å². The Morgan fingerprint density at radius 3 is 1.14 bits per heavy atom. The fourth-order valence-electron chi connectivity index (χ4n) is 0.815. The molecular formula is C12H14Ba2N8+2. The number of nitrogens with one attached hydrogen (secondary N) is 2. The standard InChI is InChI=1S/4C3H3N2.2Ba/c4*1-2-5-3-4-1;;/h4*1-3H;;/q4*-1;2*+2/p+2. The zero-order valence-electron chi connectivity index (χ0n) is 12.0. The molecule has 0 spiro atoms. The van der Waals surface area contributed by atoms with E-state index in [0.29, 0.717) is 0 Å². The molecule has 0 amide bonds. The molecule has 0 fully saturated rings. The third-order valence-electron chi connectivity index (χ3n) is 1.56. The SMILES string of the molecule is [Ba+2].[Ba+2].c1c[n-]cn1.c1c[n-]cn1.c1c[nH+]c[n-]1.c1c[nH+]c[n-]1. The van der Waals surface area contributed by atoms with Crippen LogP contribution in [-0.2, 0) is 0 Å². The molecule has 0 aromatic carbocycles. The normalized spacial score (nSPS) is 7.27. The quantitative estimate of drug-likeness (QED) is 0.242. The summed E-state index contributed by atoms with van der Waals surface area (Å²) in [4.78, 5) is 27.3. The van der Waals surface area contributed by atoms with Gasteiger partial charge in [0.15, 0.2) is 0 Å². The molecule has 0 atom stereocenters. The average Bonchev–Trinajstić information content (AvgIpc) is 3.40. The second-order valence-electron chi connectivity index (χ2n) is 2.94. The van der Waals surface area contributed by atoms with Crippen LogP contribution in [0.3, 0.4) is 0 Å². The van der Waals surface area contributed by atoms with Crippen LogP contribution in [0.5, 0.6) is 0 Å². The van der Waals surface area contributed by atoms with E-state index in [1.165, 1.54) is 12.7 Å². The van der Waals surface area contributed by atoms with Gasteiger partial charge in [-0.25, -0.2) is 9.97 Å². The number of rotatable bonds is 0. The molecule has 4 aromatic heterocycles. The molecule has 0 aliphatic rings. The molecule has 0 aliphatic carbocycles. The first-order valence-corrected chi connectivity index (χ1v) is 5.59. The summed E-state index contributed by atoms with van der Waals surface area (Å²) in [6.07, 6.45) is 19.7. The maximum absolute atomic E-state index is 3.67. The van der Waals surface area contributed by atoms with Crippen molar-refractivity contribution in [3.8, 4) is 0 Å². The molecule has 0 saturated heterocycles. The van der Waals surface area contributed by atoms with Crippen LogP contribution in [-0.4, -0.2) is 108 Å². The fourth-order valence-corrected chi connectivity index (χ4v) is 0.815. The number of hydrogen-bond donors (Lipinski definition) is 0. The van der Waals surface area contributed by atoms with Crippen molar-refractivity contribution in [2.45, 2.75) is 0 Å². The predicted molar refractivity (Wildman–Crippen MR) is 79.3 cm³/mol. The molecule has 104 valence electrons. The Balaban J connectivity index is 0. The molecule has 0 radical (unpaired) electrons. The van der Waals surface area contributed by atoms with Crippen molar-refractivity contribution in [2.24, 2.45) is 0 Å². The first-order valence-electron chi connectivity index (χ1n) is 5.59. The molecule has 0 aliphatic heterocycles. The monoisotopic (exact) mass is 546 g/mol. The van der Waals surface area contributed by atoms with E-state index in [2.05, 4.69) is 39.9 Å². The van der Waals surface area contributed by atoms with E-state index in [1.807, 2.05) is 0 Å². The van der Waals surface area contributed by atoms with Gasteiger partial charge < -0.3 is 29.9 Å². The maximum atomic E-state index is 3.67. The zero-order valence-corrected chi connectivity index (χ0v) is 20.9. The summed E-state index contributed by atoms with van der Waals surface area (Å²) in [6.45, 7) is 0. The van der Waals surface area contributed by atoms with Gasteiger partial charge in [0.25, 0.3) is 0 Å². The van der Waals surface area contributed by atoms with Gasteiger partial charge in [-0.1, -0.05) is 37.4 Å². The van der Waals surface area contributed by atoms with E-state index >= 15 is 0 Å². The Morgan fingerprint density at radius 1 is 0.591 bits per heavy atom. The molecule has 0 bridgehead atoms. The first-order chi connectivity index (χ1) is 10.0. The summed E-state index contributed by atoms with van der Waals surface area (Å²) >= 11 is 0. The third-order valence-corrected chi connectivity index (χ3v) is 1.56. The van der Waals surface area contributed by atoms with E-state index in [4.69, 9.17) is 0 Å². The van der Waals surface area contributed by atoms with E-state index in [0.717, 1.165) is 0 Å². The van der Waals surface area contributed by atoms with Gasteiger partial charge in [-0.15, -0.1) is 0 Å². The Bertz CT molecular complexity index is 360. The molecule has 4 rings (SSSR count). The van der Waals surface area contributed by atoms with Gasteiger partial charge in [-0.05, 0) is 0 Å². The van der Waals surface area contributed by atoms with Crippen LogP contribution < -0.4 is 29.9 Å². The summed E-state index contributed by atoms with van der Waals surface area (Å²) in [5, 5.41) is 0. The number of hydrogen-bond acceptors (Lipinski definition) is 2. The molecule has 4 aromatic rings. The molecule has 2 N–H and O–H groups in total. The summed E-state index contributed by atoms with van der Waals surface area (Å²) in [6, 6.07) is 0. The van der Waals surface area contributed by atoms with Gasteiger partial charge in [-0.3, -0.25) is 0 Å². The second kappa shape index (κ2) is 21.0. The molecule has 8 nitrogen and oxygen atoms in total. The van der Waals surface area contributed by atoms with E-state index in [1.54, 1.807) is 62.2 Å². The Labute approximate surface area is 208 Å². The van der Waals surface area contributed by atoms with E-state index < -0.39 is 0 Å². The zero-order chi connectivity index (χ0) is 14.1. The molecule has 0 saturated carbocycles. The van der Waals surface area contributed by atoms with Crippen LogP contribution in [0.15, 0.2) is 74.9 Å². The Hall–Kier alpha value is -0.0171. The van der Waals surface area contributed by atoms with E-state index in [-0.39, 0.29) is 97.8 Å². The smallest absolute Gasteiger partial charge is 0.450 e. The van der Waals surface area contributed by atoms with Gasteiger partial charge in [0, 0.05) is 24.8 Å². The first kappa shape index (κ1) is 24.2. The van der Waals surface area contributed by atoms with Gasteiger partial charge in [-0.2, -0.15) is 0 Å². The Morgan fingerprint density at radius 2 is 1.05 bits per heavy atom. The summed E-state index contributed by atoms with van der Waals surface area (Å²) in [7, 11) is 0. The average molecular weight is 545 g/mol. The van der Waals surface area contributed by atoms with Crippen LogP contribution in [0.1, 0.15) is 0 Å². The second-order valence-corrected chi connectivity index (χ2v) is 2.94. The van der Waals surface area contributed by atoms with Crippen molar-refractivity contribution in [1.29, 1.82) is 0 Å². The topological polar surface area (TPSA) is 110 Å². The molecule has 0 unspecified atom stereocenters. The van der Waals surface area contributed by atoms with Crippen LogP contribution in [0.4, 0.5) is 0 Å². The van der Waals surface area contributed by atoms with Crippen molar-refractivity contribution in [1.82, 2.24) is 29.9 Å². The van der Waals surface area contributed by atoms with Gasteiger partial charge in [0.1, 0.15) is 0 Å². The molecule has 4 heterocycles. The molecule has 22 heavy (non-hydrogen) atoms. The summed E-state index contributed by atoms with van der Waals surface area (Å²) in [5.41, 5.74) is 0. The predicted octanol–water partition coefficient (Wildman–Crippen LogP) is -1.77. The minimum Gasteiger partial charge on any atom is -0.450 e. The number of nitrogens with zero attached hydrogens (tertiary/aromatic N) is 6. The minimum atomic E-state index is 0.